The maximum Gasteiger partial charge on any atom is 0.161 e. The second-order valence-electron chi connectivity index (χ2n) is 9.14. The van der Waals surface area contributed by atoms with Crippen LogP contribution in [0.15, 0.2) is 103 Å². The highest BCUT2D eigenvalue weighted by atomic mass is 35.5. The fourth-order valence-corrected chi connectivity index (χ4v) is 4.02. The highest BCUT2D eigenvalue weighted by molar-refractivity contribution is 5.85. The molecule has 0 aliphatic carbocycles. The van der Waals surface area contributed by atoms with Gasteiger partial charge in [-0.15, -0.1) is 12.4 Å². The summed E-state index contributed by atoms with van der Waals surface area (Å²) in [5, 5.41) is 13.1. The number of nitrogens with one attached hydrogen (secondary N) is 1. The first-order chi connectivity index (χ1) is 17.7. The van der Waals surface area contributed by atoms with Gasteiger partial charge in [-0.05, 0) is 79.3 Å². The first-order valence-corrected chi connectivity index (χ1v) is 12.6. The fourth-order valence-electron chi connectivity index (χ4n) is 4.02. The number of ether oxygens (including phenoxy) is 2. The molecule has 194 valence electrons. The monoisotopic (exact) mass is 517 g/mol. The molecule has 1 unspecified atom stereocenters. The van der Waals surface area contributed by atoms with E-state index in [4.69, 9.17) is 9.47 Å². The summed E-state index contributed by atoms with van der Waals surface area (Å²) in [5.74, 6) is 1.84. The molecule has 0 amide bonds. The number of hydrogen-bond donors (Lipinski definition) is 2. The van der Waals surface area contributed by atoms with Crippen molar-refractivity contribution in [3.05, 3.63) is 125 Å². The molecule has 37 heavy (non-hydrogen) atoms. The zero-order valence-corrected chi connectivity index (χ0v) is 22.1. The van der Waals surface area contributed by atoms with Gasteiger partial charge in [0, 0.05) is 6.04 Å². The Balaban J connectivity index is 0.00000380. The normalized spacial score (nSPS) is 11.4. The number of hydrogen-bond acceptors (Lipinski definition) is 4. The van der Waals surface area contributed by atoms with Gasteiger partial charge in [0.2, 0.25) is 0 Å². The molecule has 5 heteroatoms. The lowest BCUT2D eigenvalue weighted by molar-refractivity contribution is 0.255. The average Bonchev–Trinajstić information content (AvgIpc) is 2.92. The Hall–Kier alpha value is -3.47. The summed E-state index contributed by atoms with van der Waals surface area (Å²) in [6.07, 6.45) is 2.94. The van der Waals surface area contributed by atoms with Gasteiger partial charge in [-0.3, -0.25) is 0 Å². The zero-order valence-electron chi connectivity index (χ0n) is 21.3. The summed E-state index contributed by atoms with van der Waals surface area (Å²) < 4.78 is 12.3. The van der Waals surface area contributed by atoms with Crippen molar-refractivity contribution in [2.45, 2.75) is 45.4 Å². The minimum Gasteiger partial charge on any atom is -0.508 e. The van der Waals surface area contributed by atoms with Crippen LogP contribution in [0.1, 0.15) is 35.6 Å². The predicted molar refractivity (Wildman–Crippen MR) is 153 cm³/mol. The minimum atomic E-state index is 0. The highest BCUT2D eigenvalue weighted by Gasteiger charge is 2.09. The Morgan fingerprint density at radius 3 is 1.84 bits per heavy atom. The lowest BCUT2D eigenvalue weighted by Gasteiger charge is -2.16. The molecule has 0 fully saturated rings. The van der Waals surface area contributed by atoms with Crippen LogP contribution in [0, 0.1) is 0 Å². The molecule has 0 aliphatic heterocycles. The number of phenols is 1. The smallest absolute Gasteiger partial charge is 0.161 e. The molecule has 4 nitrogen and oxygen atoms in total. The van der Waals surface area contributed by atoms with Gasteiger partial charge in [-0.25, -0.2) is 0 Å². The Kier molecular flexibility index (Phi) is 11.3. The molecule has 0 bridgehead atoms. The first-order valence-electron chi connectivity index (χ1n) is 12.6. The molecule has 0 radical (unpaired) electrons. The first kappa shape index (κ1) is 28.1. The van der Waals surface area contributed by atoms with Gasteiger partial charge < -0.3 is 19.9 Å². The molecule has 0 aromatic heterocycles. The van der Waals surface area contributed by atoms with Gasteiger partial charge in [0.05, 0.1) is 0 Å². The van der Waals surface area contributed by atoms with Gasteiger partial charge >= 0.3 is 0 Å². The lowest BCUT2D eigenvalue weighted by atomic mass is 10.1. The van der Waals surface area contributed by atoms with E-state index < -0.39 is 0 Å². The predicted octanol–water partition coefficient (Wildman–Crippen LogP) is 7.13. The van der Waals surface area contributed by atoms with Crippen LogP contribution in [0.5, 0.6) is 17.2 Å². The van der Waals surface area contributed by atoms with Crippen LogP contribution in [0.4, 0.5) is 0 Å². The summed E-state index contributed by atoms with van der Waals surface area (Å²) in [6.45, 7) is 4.11. The number of aromatic hydroxyl groups is 1. The molecule has 4 rings (SSSR count). The molecule has 2 N–H and O–H groups in total. The zero-order chi connectivity index (χ0) is 25.0. The van der Waals surface area contributed by atoms with Crippen molar-refractivity contribution in [2.24, 2.45) is 0 Å². The van der Waals surface area contributed by atoms with Gasteiger partial charge in [0.1, 0.15) is 19.0 Å². The Labute approximate surface area is 226 Å². The number of benzene rings is 4. The van der Waals surface area contributed by atoms with Crippen LogP contribution >= 0.6 is 12.4 Å². The van der Waals surface area contributed by atoms with Crippen LogP contribution < -0.4 is 14.8 Å². The van der Waals surface area contributed by atoms with Crippen molar-refractivity contribution in [3.8, 4) is 17.2 Å². The standard InChI is InChI=1S/C32H35NO3.ClH/c1-25(12-13-26-14-17-30(34)18-15-26)33-21-20-27-16-19-31(35-23-28-8-4-2-5-9-28)32(22-27)36-24-29-10-6-3-7-11-29;/h2-11,14-19,22,25,33-34H,12-13,20-21,23-24H2,1H3;1H. The quantitative estimate of drug-likeness (QED) is 0.198. The van der Waals surface area contributed by atoms with Gasteiger partial charge in [-0.2, -0.15) is 0 Å². The molecule has 4 aromatic carbocycles. The minimum absolute atomic E-state index is 0. The van der Waals surface area contributed by atoms with Crippen molar-refractivity contribution < 1.29 is 14.6 Å². The maximum atomic E-state index is 9.44. The lowest BCUT2D eigenvalue weighted by Crippen LogP contribution is -2.28. The van der Waals surface area contributed by atoms with Crippen LogP contribution in [-0.4, -0.2) is 17.7 Å². The number of halogens is 1. The van der Waals surface area contributed by atoms with Crippen LogP contribution in [0.2, 0.25) is 0 Å². The molecule has 0 aliphatic rings. The number of rotatable bonds is 13. The summed E-state index contributed by atoms with van der Waals surface area (Å²) >= 11 is 0. The Bertz CT molecular complexity index is 1180. The van der Waals surface area contributed by atoms with Crippen molar-refractivity contribution in [3.63, 3.8) is 0 Å². The SMILES string of the molecule is CC(CCc1ccc(O)cc1)NCCc1ccc(OCc2ccccc2)c(OCc2ccccc2)c1.Cl. The molecule has 0 heterocycles. The van der Waals surface area contributed by atoms with Crippen molar-refractivity contribution >= 4 is 12.4 Å². The third-order valence-corrected chi connectivity index (χ3v) is 6.19. The van der Waals surface area contributed by atoms with E-state index in [1.54, 1.807) is 12.1 Å². The molecule has 4 aromatic rings. The van der Waals surface area contributed by atoms with E-state index in [-0.39, 0.29) is 12.4 Å². The maximum absolute atomic E-state index is 9.44. The fraction of sp³-hybridized carbons (Fsp3) is 0.250. The summed E-state index contributed by atoms with van der Waals surface area (Å²) in [7, 11) is 0. The molecular formula is C32H36ClNO3. The number of aryl methyl sites for hydroxylation is 1. The third-order valence-electron chi connectivity index (χ3n) is 6.19. The highest BCUT2D eigenvalue weighted by Crippen LogP contribution is 2.30. The molecule has 1 atom stereocenters. The van der Waals surface area contributed by atoms with Crippen molar-refractivity contribution in [2.75, 3.05) is 6.54 Å². The molecule has 0 spiro atoms. The Morgan fingerprint density at radius 1 is 0.649 bits per heavy atom. The van der Waals surface area contributed by atoms with E-state index in [1.807, 2.05) is 54.6 Å². The topological polar surface area (TPSA) is 50.7 Å². The van der Waals surface area contributed by atoms with Crippen LogP contribution in [-0.2, 0) is 26.1 Å². The third kappa shape index (κ3) is 9.49. The van der Waals surface area contributed by atoms with Gasteiger partial charge in [0.25, 0.3) is 0 Å². The van der Waals surface area contributed by atoms with Gasteiger partial charge in [-0.1, -0.05) is 78.9 Å². The van der Waals surface area contributed by atoms with E-state index >= 15 is 0 Å². The summed E-state index contributed by atoms with van der Waals surface area (Å²) in [6, 6.07) is 34.5. The molecule has 0 saturated carbocycles. The molecular weight excluding hydrogens is 482 g/mol. The van der Waals surface area contributed by atoms with Crippen LogP contribution in [0.25, 0.3) is 0 Å². The second-order valence-corrected chi connectivity index (χ2v) is 9.14. The van der Waals surface area contributed by atoms with E-state index in [2.05, 4.69) is 48.6 Å². The van der Waals surface area contributed by atoms with E-state index in [0.29, 0.717) is 25.0 Å². The van der Waals surface area contributed by atoms with Gasteiger partial charge in [0.15, 0.2) is 11.5 Å². The summed E-state index contributed by atoms with van der Waals surface area (Å²) in [5.41, 5.74) is 4.71. The summed E-state index contributed by atoms with van der Waals surface area (Å²) in [4.78, 5) is 0. The largest absolute Gasteiger partial charge is 0.508 e. The van der Waals surface area contributed by atoms with E-state index in [0.717, 1.165) is 48.4 Å². The van der Waals surface area contributed by atoms with Crippen molar-refractivity contribution in [1.29, 1.82) is 0 Å². The number of phenolic OH excluding ortho intramolecular Hbond substituents is 1. The second kappa shape index (κ2) is 14.9. The van der Waals surface area contributed by atoms with E-state index in [9.17, 15) is 5.11 Å². The van der Waals surface area contributed by atoms with Crippen LogP contribution in [0.3, 0.4) is 0 Å². The van der Waals surface area contributed by atoms with E-state index in [1.165, 1.54) is 11.1 Å². The van der Waals surface area contributed by atoms with Crippen molar-refractivity contribution in [1.82, 2.24) is 5.32 Å². The Morgan fingerprint density at radius 2 is 1.22 bits per heavy atom. The molecule has 0 saturated heterocycles. The average molecular weight is 518 g/mol.